The first-order valence-electron chi connectivity index (χ1n) is 12.4. The zero-order valence-electron chi connectivity index (χ0n) is 20.9. The molecule has 5 rings (SSSR count). The topological polar surface area (TPSA) is 55.8 Å². The highest BCUT2D eigenvalue weighted by Crippen LogP contribution is 2.29. The number of hydrogen-bond donors (Lipinski definition) is 0. The lowest BCUT2D eigenvalue weighted by atomic mass is 10.0. The van der Waals surface area contributed by atoms with Gasteiger partial charge in [0.05, 0.1) is 18.7 Å². The monoisotopic (exact) mass is 470 g/mol. The molecule has 2 aliphatic heterocycles. The Morgan fingerprint density at radius 1 is 0.886 bits per heavy atom. The molecule has 35 heavy (non-hydrogen) atoms. The second-order valence-electron chi connectivity index (χ2n) is 9.70. The molecule has 0 bridgehead atoms. The first kappa shape index (κ1) is 23.1. The van der Waals surface area contributed by atoms with E-state index in [1.807, 2.05) is 49.3 Å². The first-order valence-corrected chi connectivity index (χ1v) is 12.4. The smallest absolute Gasteiger partial charge is 0.227 e. The maximum Gasteiger partial charge on any atom is 0.227 e. The van der Waals surface area contributed by atoms with Crippen LogP contribution in [-0.2, 0) is 24.2 Å². The Hall–Kier alpha value is -3.61. The summed E-state index contributed by atoms with van der Waals surface area (Å²) in [6.07, 6.45) is 1.19. The SMILES string of the molecule is Cc1ccc(N2CCN(c3nc4c(c(N(C)C)n3)CN(C(=O)Cc3ccccc3)CC4)CC2)cc1. The van der Waals surface area contributed by atoms with Crippen LogP contribution in [-0.4, -0.2) is 67.6 Å². The van der Waals surface area contributed by atoms with Gasteiger partial charge >= 0.3 is 0 Å². The van der Waals surface area contributed by atoms with Crippen molar-refractivity contribution in [2.45, 2.75) is 26.3 Å². The number of carbonyl (C=O) groups excluding carboxylic acids is 1. The number of amides is 1. The second kappa shape index (κ2) is 9.94. The highest BCUT2D eigenvalue weighted by atomic mass is 16.2. The Morgan fingerprint density at radius 3 is 2.26 bits per heavy atom. The van der Waals surface area contributed by atoms with Crippen molar-refractivity contribution >= 4 is 23.4 Å². The van der Waals surface area contributed by atoms with Gasteiger partial charge in [-0.1, -0.05) is 48.0 Å². The van der Waals surface area contributed by atoms with Crippen molar-refractivity contribution in [3.8, 4) is 0 Å². The van der Waals surface area contributed by atoms with Gasteiger partial charge in [-0.2, -0.15) is 4.98 Å². The van der Waals surface area contributed by atoms with Crippen LogP contribution in [0.15, 0.2) is 54.6 Å². The Labute approximate surface area is 208 Å². The molecule has 2 aromatic carbocycles. The molecule has 7 nitrogen and oxygen atoms in total. The van der Waals surface area contributed by atoms with Gasteiger partial charge in [-0.3, -0.25) is 4.79 Å². The van der Waals surface area contributed by atoms with E-state index in [1.165, 1.54) is 11.3 Å². The van der Waals surface area contributed by atoms with E-state index >= 15 is 0 Å². The number of aryl methyl sites for hydroxylation is 1. The van der Waals surface area contributed by atoms with Crippen molar-refractivity contribution in [3.63, 3.8) is 0 Å². The van der Waals surface area contributed by atoms with Crippen LogP contribution in [0.2, 0.25) is 0 Å². The van der Waals surface area contributed by atoms with Gasteiger partial charge in [-0.25, -0.2) is 4.98 Å². The minimum Gasteiger partial charge on any atom is -0.368 e. The Bertz CT molecular complexity index is 1170. The van der Waals surface area contributed by atoms with E-state index in [0.717, 1.165) is 61.2 Å². The van der Waals surface area contributed by atoms with Crippen molar-refractivity contribution in [1.29, 1.82) is 0 Å². The molecule has 0 radical (unpaired) electrons. The third kappa shape index (κ3) is 5.09. The van der Waals surface area contributed by atoms with E-state index < -0.39 is 0 Å². The minimum absolute atomic E-state index is 0.155. The zero-order valence-corrected chi connectivity index (χ0v) is 20.9. The summed E-state index contributed by atoms with van der Waals surface area (Å²) >= 11 is 0. The molecule has 1 fully saturated rings. The lowest BCUT2D eigenvalue weighted by Crippen LogP contribution is -2.47. The molecule has 0 spiro atoms. The molecule has 1 aromatic heterocycles. The van der Waals surface area contributed by atoms with Crippen LogP contribution in [0.5, 0.6) is 0 Å². The molecule has 7 heteroatoms. The molecule has 1 amide bonds. The lowest BCUT2D eigenvalue weighted by Gasteiger charge is -2.37. The van der Waals surface area contributed by atoms with Gasteiger partial charge in [0.25, 0.3) is 0 Å². The molecule has 3 heterocycles. The fourth-order valence-corrected chi connectivity index (χ4v) is 4.91. The summed E-state index contributed by atoms with van der Waals surface area (Å²) in [5.41, 5.74) is 5.75. The molecule has 0 aliphatic carbocycles. The predicted molar refractivity (Wildman–Crippen MR) is 141 cm³/mol. The van der Waals surface area contributed by atoms with E-state index in [1.54, 1.807) is 0 Å². The predicted octanol–water partition coefficient (Wildman–Crippen LogP) is 3.31. The summed E-state index contributed by atoms with van der Waals surface area (Å²) in [7, 11) is 4.04. The summed E-state index contributed by atoms with van der Waals surface area (Å²) in [6, 6.07) is 18.7. The molecular formula is C28H34N6O. The average Bonchev–Trinajstić information content (AvgIpc) is 2.89. The van der Waals surface area contributed by atoms with Gasteiger partial charge in [0.2, 0.25) is 11.9 Å². The van der Waals surface area contributed by atoms with Gasteiger partial charge in [0, 0.05) is 64.5 Å². The maximum atomic E-state index is 13.0. The number of nitrogens with zero attached hydrogens (tertiary/aromatic N) is 6. The third-order valence-corrected chi connectivity index (χ3v) is 6.96. The van der Waals surface area contributed by atoms with Gasteiger partial charge < -0.3 is 19.6 Å². The van der Waals surface area contributed by atoms with Crippen LogP contribution in [0, 0.1) is 6.92 Å². The fraction of sp³-hybridized carbons (Fsp3) is 0.393. The summed E-state index contributed by atoms with van der Waals surface area (Å²) in [5, 5.41) is 0. The van der Waals surface area contributed by atoms with Crippen molar-refractivity contribution < 1.29 is 4.79 Å². The molecule has 3 aromatic rings. The van der Waals surface area contributed by atoms with Crippen molar-refractivity contribution in [1.82, 2.24) is 14.9 Å². The molecule has 0 atom stereocenters. The molecule has 0 unspecified atom stereocenters. The standard InChI is InChI=1S/C28H34N6O/c1-21-9-11-23(12-10-21)32-15-17-33(18-16-32)28-29-25-13-14-34(20-24(25)27(30-28)31(2)3)26(35)19-22-7-5-4-6-8-22/h4-12H,13-20H2,1-3H3. The largest absolute Gasteiger partial charge is 0.368 e. The van der Waals surface area contributed by atoms with Crippen LogP contribution < -0.4 is 14.7 Å². The highest BCUT2D eigenvalue weighted by molar-refractivity contribution is 5.79. The molecular weight excluding hydrogens is 436 g/mol. The van der Waals surface area contributed by atoms with Crippen molar-refractivity contribution in [3.05, 3.63) is 77.0 Å². The number of hydrogen-bond acceptors (Lipinski definition) is 6. The average molecular weight is 471 g/mol. The molecule has 0 N–H and O–H groups in total. The highest BCUT2D eigenvalue weighted by Gasteiger charge is 2.28. The Morgan fingerprint density at radius 2 is 1.57 bits per heavy atom. The lowest BCUT2D eigenvalue weighted by molar-refractivity contribution is -0.131. The molecule has 2 aliphatic rings. The first-order chi connectivity index (χ1) is 17.0. The van der Waals surface area contributed by atoms with E-state index in [4.69, 9.17) is 9.97 Å². The summed E-state index contributed by atoms with van der Waals surface area (Å²) in [4.78, 5) is 31.7. The van der Waals surface area contributed by atoms with E-state index in [0.29, 0.717) is 19.5 Å². The van der Waals surface area contributed by atoms with Crippen LogP contribution in [0.4, 0.5) is 17.5 Å². The number of benzene rings is 2. The van der Waals surface area contributed by atoms with Crippen molar-refractivity contribution in [2.24, 2.45) is 0 Å². The summed E-state index contributed by atoms with van der Waals surface area (Å²) in [6.45, 7) is 7.06. The van der Waals surface area contributed by atoms with Crippen LogP contribution in [0.3, 0.4) is 0 Å². The minimum atomic E-state index is 0.155. The second-order valence-corrected chi connectivity index (χ2v) is 9.70. The number of aromatic nitrogens is 2. The van der Waals surface area contributed by atoms with E-state index in [-0.39, 0.29) is 5.91 Å². The number of piperazine rings is 1. The zero-order chi connectivity index (χ0) is 24.4. The quantitative estimate of drug-likeness (QED) is 0.570. The Kier molecular flexibility index (Phi) is 6.57. The van der Waals surface area contributed by atoms with E-state index in [9.17, 15) is 4.79 Å². The molecule has 0 saturated carbocycles. The molecule has 182 valence electrons. The van der Waals surface area contributed by atoms with Crippen LogP contribution in [0.25, 0.3) is 0 Å². The van der Waals surface area contributed by atoms with Crippen LogP contribution in [0.1, 0.15) is 22.4 Å². The normalized spacial score (nSPS) is 15.7. The molecule has 1 saturated heterocycles. The number of fused-ring (bicyclic) bond motifs is 1. The summed E-state index contributed by atoms with van der Waals surface area (Å²) in [5.74, 6) is 1.88. The van der Waals surface area contributed by atoms with Gasteiger partial charge in [0.15, 0.2) is 0 Å². The van der Waals surface area contributed by atoms with Gasteiger partial charge in [0.1, 0.15) is 5.82 Å². The fourth-order valence-electron chi connectivity index (χ4n) is 4.91. The summed E-state index contributed by atoms with van der Waals surface area (Å²) < 4.78 is 0. The van der Waals surface area contributed by atoms with Gasteiger partial charge in [-0.05, 0) is 24.6 Å². The number of rotatable bonds is 5. The number of anilines is 3. The number of carbonyl (C=O) groups is 1. The van der Waals surface area contributed by atoms with Gasteiger partial charge in [-0.15, -0.1) is 0 Å². The Balaban J connectivity index is 1.30. The maximum absolute atomic E-state index is 13.0. The van der Waals surface area contributed by atoms with Crippen LogP contribution >= 0.6 is 0 Å². The van der Waals surface area contributed by atoms with E-state index in [2.05, 4.69) is 45.9 Å². The van der Waals surface area contributed by atoms with Crippen molar-refractivity contribution in [2.75, 3.05) is 61.5 Å². The third-order valence-electron chi connectivity index (χ3n) is 6.96.